The van der Waals surface area contributed by atoms with E-state index >= 15 is 0 Å². The second kappa shape index (κ2) is 14.1. The molecular formula is C13H29OP. The smallest absolute Gasteiger partial charge is 0.158 e. The minimum Gasteiger partial charge on any atom is -0.275 e. The van der Waals surface area contributed by atoms with E-state index in [0.29, 0.717) is 20.0 Å². The molecule has 2 heteroatoms. The fourth-order valence-corrected chi connectivity index (χ4v) is 2.02. The zero-order chi connectivity index (χ0) is 12.1. The molecule has 1 nitrogen and oxygen atoms in total. The number of hydrogen-bond donors (Lipinski definition) is 0. The summed E-state index contributed by atoms with van der Waals surface area (Å²) in [7, 11) is 0.350. The Hall–Kier alpha value is 0.100. The lowest BCUT2D eigenvalue weighted by Gasteiger charge is -2.15. The van der Waals surface area contributed by atoms with E-state index in [2.05, 4.69) is 34.6 Å². The summed E-state index contributed by atoms with van der Waals surface area (Å²) in [5, 5.41) is 0. The Morgan fingerprint density at radius 2 is 1.60 bits per heavy atom. The van der Waals surface area contributed by atoms with Crippen LogP contribution in [0.5, 0.6) is 0 Å². The van der Waals surface area contributed by atoms with Crippen LogP contribution in [0.2, 0.25) is 0 Å². The van der Waals surface area contributed by atoms with Crippen LogP contribution in [0.25, 0.3) is 0 Å². The van der Waals surface area contributed by atoms with Crippen molar-refractivity contribution in [1.82, 2.24) is 0 Å². The van der Waals surface area contributed by atoms with E-state index in [-0.39, 0.29) is 0 Å². The monoisotopic (exact) mass is 232 g/mol. The molecule has 2 unspecified atom stereocenters. The van der Waals surface area contributed by atoms with E-state index in [1.54, 1.807) is 0 Å². The first-order valence-electron chi connectivity index (χ1n) is 6.50. The summed E-state index contributed by atoms with van der Waals surface area (Å²) in [6.45, 7) is 10.8. The summed E-state index contributed by atoms with van der Waals surface area (Å²) in [5.41, 5.74) is 0.404. The maximum Gasteiger partial charge on any atom is 0.158 e. The molecule has 2 atom stereocenters. The van der Waals surface area contributed by atoms with Gasteiger partial charge < -0.3 is 0 Å². The van der Waals surface area contributed by atoms with Gasteiger partial charge in [-0.2, -0.15) is 0 Å². The molecular weight excluding hydrogens is 203 g/mol. The third-order valence-electron chi connectivity index (χ3n) is 2.54. The largest absolute Gasteiger partial charge is 0.275 e. The van der Waals surface area contributed by atoms with Crippen molar-refractivity contribution in [3.8, 4) is 0 Å². The topological polar surface area (TPSA) is 17.1 Å². The van der Waals surface area contributed by atoms with Gasteiger partial charge in [-0.25, -0.2) is 0 Å². The van der Waals surface area contributed by atoms with E-state index in [4.69, 9.17) is 0 Å². The molecule has 0 saturated carbocycles. The van der Waals surface area contributed by atoms with E-state index in [1.165, 1.54) is 25.7 Å². The SMILES string of the molecule is CCC.CCCCCC(P=O)C(C)CC. The molecule has 15 heavy (non-hydrogen) atoms. The first-order valence-corrected chi connectivity index (χ1v) is 7.38. The Balaban J connectivity index is 0. The Kier molecular flexibility index (Phi) is 16.4. The van der Waals surface area contributed by atoms with Gasteiger partial charge in [0.2, 0.25) is 0 Å². The Bertz CT molecular complexity index is 126. The molecule has 0 spiro atoms. The summed E-state index contributed by atoms with van der Waals surface area (Å²) in [6, 6.07) is 0. The van der Waals surface area contributed by atoms with Crippen LogP contribution in [0, 0.1) is 5.92 Å². The molecule has 0 radical (unpaired) electrons. The Morgan fingerprint density at radius 3 is 1.93 bits per heavy atom. The minimum absolute atomic E-state index is 0.350. The standard InChI is InChI=1S/C10H21OP.C3H8/c1-4-6-7-8-10(12-11)9(3)5-2;1-3-2/h9-10H,4-8H2,1-3H3;3H2,1-2H3. The van der Waals surface area contributed by atoms with E-state index in [1.807, 2.05) is 0 Å². The third kappa shape index (κ3) is 12.0. The van der Waals surface area contributed by atoms with Crippen molar-refractivity contribution in [3.63, 3.8) is 0 Å². The Labute approximate surface area is 98.2 Å². The van der Waals surface area contributed by atoms with Crippen LogP contribution in [0.3, 0.4) is 0 Å². The first-order chi connectivity index (χ1) is 7.17. The molecule has 0 aromatic rings. The van der Waals surface area contributed by atoms with Crippen LogP contribution in [0.15, 0.2) is 0 Å². The summed E-state index contributed by atoms with van der Waals surface area (Å²) in [5.74, 6) is 0.612. The zero-order valence-corrected chi connectivity index (χ0v) is 12.1. The average Bonchev–Trinajstić information content (AvgIpc) is 2.25. The van der Waals surface area contributed by atoms with Crippen LogP contribution in [-0.2, 0) is 4.57 Å². The Morgan fingerprint density at radius 1 is 1.07 bits per heavy atom. The molecule has 0 bridgehead atoms. The van der Waals surface area contributed by atoms with E-state index in [9.17, 15) is 4.57 Å². The van der Waals surface area contributed by atoms with Crippen molar-refractivity contribution in [2.24, 2.45) is 5.92 Å². The maximum atomic E-state index is 10.8. The van der Waals surface area contributed by atoms with Crippen molar-refractivity contribution in [1.29, 1.82) is 0 Å². The molecule has 0 amide bonds. The van der Waals surface area contributed by atoms with Crippen LogP contribution < -0.4 is 0 Å². The predicted octanol–water partition coefficient (Wildman–Crippen LogP) is 5.69. The molecule has 0 aromatic carbocycles. The highest BCUT2D eigenvalue weighted by Crippen LogP contribution is 2.25. The fraction of sp³-hybridized carbons (Fsp3) is 1.00. The van der Waals surface area contributed by atoms with Crippen LogP contribution in [-0.4, -0.2) is 5.66 Å². The van der Waals surface area contributed by atoms with Crippen LogP contribution in [0.1, 0.15) is 73.1 Å². The molecule has 0 aromatic heterocycles. The molecule has 0 rings (SSSR count). The highest BCUT2D eigenvalue weighted by Gasteiger charge is 2.14. The summed E-state index contributed by atoms with van der Waals surface area (Å²) in [4.78, 5) is 0. The van der Waals surface area contributed by atoms with E-state index < -0.39 is 0 Å². The van der Waals surface area contributed by atoms with Gasteiger partial charge in [0.1, 0.15) is 0 Å². The summed E-state index contributed by atoms with van der Waals surface area (Å²) >= 11 is 0. The van der Waals surface area contributed by atoms with Crippen molar-refractivity contribution >= 4 is 8.46 Å². The van der Waals surface area contributed by atoms with Crippen LogP contribution >= 0.6 is 8.46 Å². The maximum absolute atomic E-state index is 10.8. The summed E-state index contributed by atoms with van der Waals surface area (Å²) < 4.78 is 10.8. The predicted molar refractivity (Wildman–Crippen MR) is 71.0 cm³/mol. The van der Waals surface area contributed by atoms with Crippen molar-refractivity contribution in [2.75, 3.05) is 0 Å². The molecule has 0 aliphatic rings. The number of rotatable bonds is 7. The quantitative estimate of drug-likeness (QED) is 0.407. The van der Waals surface area contributed by atoms with Gasteiger partial charge in [-0.3, -0.25) is 4.57 Å². The van der Waals surface area contributed by atoms with E-state index in [0.717, 1.165) is 12.8 Å². The zero-order valence-electron chi connectivity index (χ0n) is 11.3. The lowest BCUT2D eigenvalue weighted by Crippen LogP contribution is -2.10. The molecule has 0 N–H and O–H groups in total. The second-order valence-electron chi connectivity index (χ2n) is 4.26. The summed E-state index contributed by atoms with van der Waals surface area (Å²) in [6.07, 6.45) is 7.30. The second-order valence-corrected chi connectivity index (χ2v) is 5.14. The average molecular weight is 232 g/mol. The lowest BCUT2D eigenvalue weighted by molar-refractivity contribution is 0.474. The van der Waals surface area contributed by atoms with Gasteiger partial charge in [-0.15, -0.1) is 0 Å². The van der Waals surface area contributed by atoms with Gasteiger partial charge in [-0.05, 0) is 12.3 Å². The van der Waals surface area contributed by atoms with Gasteiger partial charge in [0, 0.05) is 5.66 Å². The molecule has 0 heterocycles. The third-order valence-corrected chi connectivity index (χ3v) is 3.58. The molecule has 0 aliphatic heterocycles. The highest BCUT2D eigenvalue weighted by molar-refractivity contribution is 7.24. The number of hydrogen-bond acceptors (Lipinski definition) is 1. The van der Waals surface area contributed by atoms with Gasteiger partial charge in [0.15, 0.2) is 8.46 Å². The normalized spacial score (nSPS) is 14.2. The van der Waals surface area contributed by atoms with Gasteiger partial charge >= 0.3 is 0 Å². The van der Waals surface area contributed by atoms with Crippen LogP contribution in [0.4, 0.5) is 0 Å². The molecule has 0 aliphatic carbocycles. The molecule has 0 fully saturated rings. The van der Waals surface area contributed by atoms with Crippen molar-refractivity contribution in [3.05, 3.63) is 0 Å². The highest BCUT2D eigenvalue weighted by atomic mass is 31.1. The van der Waals surface area contributed by atoms with Crippen molar-refractivity contribution < 1.29 is 4.57 Å². The molecule has 0 saturated heterocycles. The molecule has 92 valence electrons. The number of unbranched alkanes of at least 4 members (excludes halogenated alkanes) is 2. The lowest BCUT2D eigenvalue weighted by atomic mass is 10.00. The van der Waals surface area contributed by atoms with Gasteiger partial charge in [0.25, 0.3) is 0 Å². The fourth-order valence-electron chi connectivity index (χ4n) is 1.32. The first kappa shape index (κ1) is 17.5. The van der Waals surface area contributed by atoms with Crippen molar-refractivity contribution in [2.45, 2.75) is 78.8 Å². The van der Waals surface area contributed by atoms with Gasteiger partial charge in [0.05, 0.1) is 0 Å². The van der Waals surface area contributed by atoms with Gasteiger partial charge in [-0.1, -0.05) is 66.7 Å². The minimum atomic E-state index is 0.350.